The highest BCUT2D eigenvalue weighted by Gasteiger charge is 2.34. The van der Waals surface area contributed by atoms with Crippen molar-refractivity contribution in [3.8, 4) is 0 Å². The molecule has 0 spiro atoms. The number of hydrogen-bond donors (Lipinski definition) is 1. The van der Waals surface area contributed by atoms with Gasteiger partial charge in [0.15, 0.2) is 0 Å². The second-order valence-electron chi connectivity index (χ2n) is 7.95. The summed E-state index contributed by atoms with van der Waals surface area (Å²) in [6.45, 7) is 6.19. The summed E-state index contributed by atoms with van der Waals surface area (Å²) in [5.74, 6) is -0.717. The van der Waals surface area contributed by atoms with Crippen LogP contribution in [0.2, 0.25) is 0 Å². The number of benzene rings is 2. The largest absolute Gasteiger partial charge is 0.350 e. The molecular weight excluding hydrogens is 452 g/mol. The minimum Gasteiger partial charge on any atom is -0.350 e. The second-order valence-corrected chi connectivity index (χ2v) is 8.94. The van der Waals surface area contributed by atoms with Crippen LogP contribution in [0, 0.1) is 13.8 Å². The number of amides is 3. The molecule has 1 aliphatic rings. The zero-order valence-electron chi connectivity index (χ0n) is 19.1. The molecule has 2 aromatic carbocycles. The smallest absolute Gasteiger partial charge is 0.293 e. The Morgan fingerprint density at radius 1 is 1.09 bits per heavy atom. The first-order valence-corrected chi connectivity index (χ1v) is 11.7. The average molecular weight is 477 g/mol. The summed E-state index contributed by atoms with van der Waals surface area (Å²) in [6.07, 6.45) is 1.70. The summed E-state index contributed by atoms with van der Waals surface area (Å²) in [4.78, 5) is 55.7. The number of nitrogens with zero attached hydrogens (tertiary/aromatic N) is 3. The highest BCUT2D eigenvalue weighted by atomic mass is 32.2. The minimum absolute atomic E-state index is 0.0714. The summed E-state index contributed by atoms with van der Waals surface area (Å²) in [5, 5.41) is 2.39. The number of rotatable bonds is 6. The predicted molar refractivity (Wildman–Crippen MR) is 133 cm³/mol. The number of aromatic nitrogens is 2. The van der Waals surface area contributed by atoms with Crippen LogP contribution >= 0.6 is 11.8 Å². The van der Waals surface area contributed by atoms with Crippen molar-refractivity contribution in [3.05, 3.63) is 80.1 Å². The molecule has 8 nitrogen and oxygen atoms in total. The molecule has 34 heavy (non-hydrogen) atoms. The highest BCUT2D eigenvalue weighted by Crippen LogP contribution is 2.31. The maximum absolute atomic E-state index is 12.7. The van der Waals surface area contributed by atoms with E-state index in [4.69, 9.17) is 0 Å². The lowest BCUT2D eigenvalue weighted by atomic mass is 10.1. The van der Waals surface area contributed by atoms with Crippen molar-refractivity contribution in [2.24, 2.45) is 0 Å². The molecule has 3 aromatic rings. The van der Waals surface area contributed by atoms with Crippen LogP contribution in [0.1, 0.15) is 34.1 Å². The van der Waals surface area contributed by atoms with Gasteiger partial charge in [-0.25, -0.2) is 4.98 Å². The zero-order valence-corrected chi connectivity index (χ0v) is 19.9. The van der Waals surface area contributed by atoms with E-state index in [1.807, 2.05) is 38.1 Å². The van der Waals surface area contributed by atoms with Gasteiger partial charge in [0.25, 0.3) is 22.6 Å². The summed E-state index contributed by atoms with van der Waals surface area (Å²) < 4.78 is 1.61. The van der Waals surface area contributed by atoms with E-state index >= 15 is 0 Å². The molecule has 0 aliphatic carbocycles. The number of imide groups is 1. The molecule has 1 aliphatic heterocycles. The molecule has 0 unspecified atom stereocenters. The lowest BCUT2D eigenvalue weighted by Gasteiger charge is -2.13. The van der Waals surface area contributed by atoms with Gasteiger partial charge in [0.1, 0.15) is 5.69 Å². The number of aryl methyl sites for hydroxylation is 3. The van der Waals surface area contributed by atoms with Gasteiger partial charge in [-0.3, -0.25) is 24.1 Å². The maximum atomic E-state index is 12.7. The lowest BCUT2D eigenvalue weighted by molar-refractivity contribution is -0.122. The topological polar surface area (TPSA) is 101 Å². The van der Waals surface area contributed by atoms with Crippen molar-refractivity contribution in [2.75, 3.05) is 13.1 Å². The summed E-state index contributed by atoms with van der Waals surface area (Å²) in [6, 6.07) is 12.6. The summed E-state index contributed by atoms with van der Waals surface area (Å²) in [7, 11) is 0. The van der Waals surface area contributed by atoms with E-state index in [0.717, 1.165) is 27.8 Å². The molecule has 1 saturated heterocycles. The summed E-state index contributed by atoms with van der Waals surface area (Å²) >= 11 is 0.893. The Hall–Kier alpha value is -3.72. The Kier molecular flexibility index (Phi) is 6.65. The monoisotopic (exact) mass is 476 g/mol. The number of fused-ring (bicyclic) bond motifs is 1. The summed E-state index contributed by atoms with van der Waals surface area (Å²) in [5.41, 5.74) is 3.77. The number of carbonyl (C=O) groups is 3. The predicted octanol–water partition coefficient (Wildman–Crippen LogP) is 3.50. The molecular formula is C25H24N4O4S. The first-order valence-electron chi connectivity index (χ1n) is 10.9. The van der Waals surface area contributed by atoms with Crippen LogP contribution in [0.25, 0.3) is 17.1 Å². The van der Waals surface area contributed by atoms with Crippen molar-refractivity contribution in [1.29, 1.82) is 0 Å². The average Bonchev–Trinajstić information content (AvgIpc) is 3.08. The van der Waals surface area contributed by atoms with Crippen molar-refractivity contribution in [2.45, 2.75) is 27.3 Å². The molecule has 0 saturated carbocycles. The molecule has 4 rings (SSSR count). The Bertz CT molecular complexity index is 1390. The van der Waals surface area contributed by atoms with E-state index < -0.39 is 0 Å². The molecule has 0 radical (unpaired) electrons. The fourth-order valence-corrected chi connectivity index (χ4v) is 4.58. The maximum Gasteiger partial charge on any atom is 0.293 e. The van der Waals surface area contributed by atoms with Crippen LogP contribution in [0.4, 0.5) is 4.79 Å². The fraction of sp³-hybridized carbons (Fsp3) is 0.240. The molecule has 174 valence electrons. The van der Waals surface area contributed by atoms with Gasteiger partial charge in [-0.1, -0.05) is 29.8 Å². The first-order chi connectivity index (χ1) is 16.3. The molecule has 2 heterocycles. The SMILES string of the molecule is CCn1c(=O)c(C)nc2cc(C(=O)NCCN3C(=O)SC(=Cc4ccc(C)cc4)C3=O)ccc21. The molecule has 0 atom stereocenters. The van der Waals surface area contributed by atoms with E-state index in [1.54, 1.807) is 35.8 Å². The molecule has 0 bridgehead atoms. The van der Waals surface area contributed by atoms with Gasteiger partial charge < -0.3 is 9.88 Å². The van der Waals surface area contributed by atoms with Gasteiger partial charge in [0, 0.05) is 25.2 Å². The number of thioether (sulfide) groups is 1. The third-order valence-electron chi connectivity index (χ3n) is 5.56. The standard InChI is InChI=1S/C25H24N4O4S/c1-4-28-20-10-9-18(14-19(20)27-16(3)23(28)31)22(30)26-11-12-29-24(32)21(34-25(29)33)13-17-7-5-15(2)6-8-17/h5-10,13-14H,4,11-12H2,1-3H3,(H,26,30). The Balaban J connectivity index is 1.41. The molecule has 9 heteroatoms. The minimum atomic E-state index is -0.368. The Morgan fingerprint density at radius 2 is 1.82 bits per heavy atom. The van der Waals surface area contributed by atoms with E-state index in [1.165, 1.54) is 0 Å². The fourth-order valence-electron chi connectivity index (χ4n) is 3.72. The van der Waals surface area contributed by atoms with Gasteiger partial charge in [0.2, 0.25) is 0 Å². The van der Waals surface area contributed by atoms with E-state index in [-0.39, 0.29) is 35.7 Å². The van der Waals surface area contributed by atoms with Gasteiger partial charge in [-0.2, -0.15) is 0 Å². The van der Waals surface area contributed by atoms with Crippen LogP contribution in [0.15, 0.2) is 52.2 Å². The van der Waals surface area contributed by atoms with E-state index in [2.05, 4.69) is 10.3 Å². The van der Waals surface area contributed by atoms with Crippen molar-refractivity contribution in [1.82, 2.24) is 19.8 Å². The van der Waals surface area contributed by atoms with E-state index in [0.29, 0.717) is 33.7 Å². The molecule has 1 fully saturated rings. The Labute approximate surface area is 200 Å². The highest BCUT2D eigenvalue weighted by molar-refractivity contribution is 8.18. The van der Waals surface area contributed by atoms with Crippen LogP contribution in [-0.2, 0) is 11.3 Å². The van der Waals surface area contributed by atoms with Crippen molar-refractivity contribution < 1.29 is 14.4 Å². The first kappa shape index (κ1) is 23.4. The van der Waals surface area contributed by atoms with Gasteiger partial charge in [-0.05, 0) is 62.4 Å². The van der Waals surface area contributed by atoms with E-state index in [9.17, 15) is 19.2 Å². The van der Waals surface area contributed by atoms with Gasteiger partial charge in [0.05, 0.1) is 15.9 Å². The zero-order chi connectivity index (χ0) is 24.4. The van der Waals surface area contributed by atoms with Gasteiger partial charge >= 0.3 is 0 Å². The number of carbonyl (C=O) groups excluding carboxylic acids is 3. The van der Waals surface area contributed by atoms with Crippen LogP contribution < -0.4 is 10.9 Å². The van der Waals surface area contributed by atoms with Crippen LogP contribution in [0.5, 0.6) is 0 Å². The van der Waals surface area contributed by atoms with Crippen LogP contribution in [-0.4, -0.2) is 44.6 Å². The molecule has 3 amide bonds. The number of nitrogens with one attached hydrogen (secondary N) is 1. The Morgan fingerprint density at radius 3 is 2.53 bits per heavy atom. The normalized spacial score (nSPS) is 14.9. The molecule has 1 N–H and O–H groups in total. The number of hydrogen-bond acceptors (Lipinski definition) is 6. The second kappa shape index (κ2) is 9.64. The van der Waals surface area contributed by atoms with Crippen molar-refractivity contribution in [3.63, 3.8) is 0 Å². The van der Waals surface area contributed by atoms with Crippen LogP contribution in [0.3, 0.4) is 0 Å². The third-order valence-corrected chi connectivity index (χ3v) is 6.46. The third kappa shape index (κ3) is 4.65. The lowest BCUT2D eigenvalue weighted by Crippen LogP contribution is -2.37. The quantitative estimate of drug-likeness (QED) is 0.547. The van der Waals surface area contributed by atoms with Gasteiger partial charge in [-0.15, -0.1) is 0 Å². The van der Waals surface area contributed by atoms with Crippen molar-refractivity contribution >= 4 is 45.9 Å². The molecule has 1 aromatic heterocycles.